The van der Waals surface area contributed by atoms with Crippen molar-refractivity contribution in [2.75, 3.05) is 0 Å². The number of aliphatic hydroxyl groups is 1. The molecule has 0 spiro atoms. The van der Waals surface area contributed by atoms with Crippen LogP contribution >= 0.6 is 11.3 Å². The monoisotopic (exact) mass is 237 g/mol. The smallest absolute Gasteiger partial charge is 0.133 e. The molecule has 2 nitrogen and oxygen atoms in total. The third-order valence-electron chi connectivity index (χ3n) is 2.39. The van der Waals surface area contributed by atoms with Crippen molar-refractivity contribution in [3.8, 4) is 10.6 Å². The second-order valence-corrected chi connectivity index (χ2v) is 4.75. The second kappa shape index (κ2) is 4.31. The van der Waals surface area contributed by atoms with Crippen LogP contribution < -0.4 is 0 Å². The van der Waals surface area contributed by atoms with Crippen molar-refractivity contribution >= 4 is 11.3 Å². The molecule has 1 aromatic heterocycles. The van der Waals surface area contributed by atoms with Crippen molar-refractivity contribution < 1.29 is 9.50 Å². The summed E-state index contributed by atoms with van der Waals surface area (Å²) in [7, 11) is 0. The van der Waals surface area contributed by atoms with Gasteiger partial charge in [0.15, 0.2) is 0 Å². The standard InChI is InChI=1S/C12H12FNOS/c1-7-3-4-9(10(13)5-7)12-14-8(2)11(6-15)16-12/h3-5,15H,6H2,1-2H3. The van der Waals surface area contributed by atoms with Crippen LogP contribution in [0.4, 0.5) is 4.39 Å². The third kappa shape index (κ3) is 1.99. The Labute approximate surface area is 97.4 Å². The first-order valence-electron chi connectivity index (χ1n) is 4.95. The summed E-state index contributed by atoms with van der Waals surface area (Å²) in [5.41, 5.74) is 2.15. The van der Waals surface area contributed by atoms with Gasteiger partial charge >= 0.3 is 0 Å². The minimum Gasteiger partial charge on any atom is -0.391 e. The topological polar surface area (TPSA) is 33.1 Å². The quantitative estimate of drug-likeness (QED) is 0.870. The van der Waals surface area contributed by atoms with Gasteiger partial charge in [0, 0.05) is 5.56 Å². The van der Waals surface area contributed by atoms with Gasteiger partial charge in [-0.1, -0.05) is 6.07 Å². The number of halogens is 1. The van der Waals surface area contributed by atoms with Crippen LogP contribution in [0.5, 0.6) is 0 Å². The van der Waals surface area contributed by atoms with E-state index in [9.17, 15) is 4.39 Å². The lowest BCUT2D eigenvalue weighted by Gasteiger charge is -1.99. The van der Waals surface area contributed by atoms with Gasteiger partial charge in [-0.25, -0.2) is 9.37 Å². The largest absolute Gasteiger partial charge is 0.391 e. The lowest BCUT2D eigenvalue weighted by molar-refractivity contribution is 0.284. The number of aryl methyl sites for hydroxylation is 2. The van der Waals surface area contributed by atoms with Gasteiger partial charge in [-0.15, -0.1) is 11.3 Å². The molecule has 84 valence electrons. The Hall–Kier alpha value is -1.26. The molecule has 0 unspecified atom stereocenters. The van der Waals surface area contributed by atoms with E-state index in [2.05, 4.69) is 4.98 Å². The van der Waals surface area contributed by atoms with Crippen molar-refractivity contribution in [3.05, 3.63) is 40.2 Å². The van der Waals surface area contributed by atoms with Gasteiger partial charge in [-0.2, -0.15) is 0 Å². The van der Waals surface area contributed by atoms with Gasteiger partial charge in [0.25, 0.3) is 0 Å². The van der Waals surface area contributed by atoms with Crippen molar-refractivity contribution in [1.82, 2.24) is 4.98 Å². The van der Waals surface area contributed by atoms with Crippen LogP contribution in [0.25, 0.3) is 10.6 Å². The van der Waals surface area contributed by atoms with E-state index in [1.807, 2.05) is 19.9 Å². The van der Waals surface area contributed by atoms with Gasteiger partial charge in [0.05, 0.1) is 17.2 Å². The molecule has 16 heavy (non-hydrogen) atoms. The zero-order valence-corrected chi connectivity index (χ0v) is 9.94. The maximum atomic E-state index is 13.7. The van der Waals surface area contributed by atoms with E-state index in [-0.39, 0.29) is 12.4 Å². The average molecular weight is 237 g/mol. The van der Waals surface area contributed by atoms with Gasteiger partial charge in [0.2, 0.25) is 0 Å². The zero-order valence-electron chi connectivity index (χ0n) is 9.12. The summed E-state index contributed by atoms with van der Waals surface area (Å²) in [4.78, 5) is 5.05. The van der Waals surface area contributed by atoms with Crippen LogP contribution in [-0.4, -0.2) is 10.1 Å². The lowest BCUT2D eigenvalue weighted by Crippen LogP contribution is -1.85. The Morgan fingerprint density at radius 1 is 1.38 bits per heavy atom. The number of benzene rings is 1. The predicted octanol–water partition coefficient (Wildman–Crippen LogP) is 3.06. The number of hydrogen-bond acceptors (Lipinski definition) is 3. The van der Waals surface area contributed by atoms with Crippen molar-refractivity contribution in [3.63, 3.8) is 0 Å². The minimum absolute atomic E-state index is 0.0447. The molecular formula is C12H12FNOS. The Morgan fingerprint density at radius 3 is 2.69 bits per heavy atom. The van der Waals surface area contributed by atoms with E-state index in [4.69, 9.17) is 5.11 Å². The van der Waals surface area contributed by atoms with Crippen LogP contribution in [0.1, 0.15) is 16.1 Å². The molecule has 0 aliphatic heterocycles. The SMILES string of the molecule is Cc1ccc(-c2nc(C)c(CO)s2)c(F)c1. The maximum absolute atomic E-state index is 13.7. The van der Waals surface area contributed by atoms with E-state index in [1.54, 1.807) is 6.07 Å². The number of rotatable bonds is 2. The number of hydrogen-bond donors (Lipinski definition) is 1. The van der Waals surface area contributed by atoms with E-state index in [0.717, 1.165) is 16.1 Å². The molecule has 4 heteroatoms. The molecule has 2 rings (SSSR count). The molecule has 0 fully saturated rings. The minimum atomic E-state index is -0.266. The lowest BCUT2D eigenvalue weighted by atomic mass is 10.1. The fraction of sp³-hybridized carbons (Fsp3) is 0.250. The molecule has 0 atom stereocenters. The molecule has 0 radical (unpaired) electrons. The molecule has 2 aromatic rings. The Kier molecular flexibility index (Phi) is 3.03. The van der Waals surface area contributed by atoms with Crippen molar-refractivity contribution in [2.24, 2.45) is 0 Å². The van der Waals surface area contributed by atoms with E-state index < -0.39 is 0 Å². The molecule has 0 bridgehead atoms. The Balaban J connectivity index is 2.50. The summed E-state index contributed by atoms with van der Waals surface area (Å²) in [5.74, 6) is -0.266. The van der Waals surface area contributed by atoms with Crippen LogP contribution in [0, 0.1) is 19.7 Å². The molecule has 1 aromatic carbocycles. The zero-order chi connectivity index (χ0) is 11.7. The predicted molar refractivity (Wildman–Crippen MR) is 62.9 cm³/mol. The summed E-state index contributed by atoms with van der Waals surface area (Å²) >= 11 is 1.33. The van der Waals surface area contributed by atoms with E-state index >= 15 is 0 Å². The molecule has 0 saturated carbocycles. The Morgan fingerprint density at radius 2 is 2.12 bits per heavy atom. The molecule has 0 aliphatic carbocycles. The maximum Gasteiger partial charge on any atom is 0.133 e. The normalized spacial score (nSPS) is 10.8. The van der Waals surface area contributed by atoms with Crippen LogP contribution in [0.2, 0.25) is 0 Å². The first-order valence-corrected chi connectivity index (χ1v) is 5.77. The number of nitrogens with zero attached hydrogens (tertiary/aromatic N) is 1. The fourth-order valence-electron chi connectivity index (χ4n) is 1.48. The number of aromatic nitrogens is 1. The highest BCUT2D eigenvalue weighted by Gasteiger charge is 2.12. The second-order valence-electron chi connectivity index (χ2n) is 3.67. The van der Waals surface area contributed by atoms with E-state index in [0.29, 0.717) is 10.6 Å². The highest BCUT2D eigenvalue weighted by atomic mass is 32.1. The van der Waals surface area contributed by atoms with Crippen LogP contribution in [0.3, 0.4) is 0 Å². The summed E-state index contributed by atoms with van der Waals surface area (Å²) in [6, 6.07) is 5.07. The van der Waals surface area contributed by atoms with Crippen molar-refractivity contribution in [1.29, 1.82) is 0 Å². The summed E-state index contributed by atoms with van der Waals surface area (Å²) < 4.78 is 13.7. The first-order chi connectivity index (χ1) is 7.61. The van der Waals surface area contributed by atoms with E-state index in [1.165, 1.54) is 17.4 Å². The summed E-state index contributed by atoms with van der Waals surface area (Å²) in [5, 5.41) is 9.69. The summed E-state index contributed by atoms with van der Waals surface area (Å²) in [6.07, 6.45) is 0. The van der Waals surface area contributed by atoms with Crippen LogP contribution in [0.15, 0.2) is 18.2 Å². The molecule has 0 aliphatic rings. The number of aliphatic hydroxyl groups excluding tert-OH is 1. The highest BCUT2D eigenvalue weighted by Crippen LogP contribution is 2.30. The summed E-state index contributed by atoms with van der Waals surface area (Å²) in [6.45, 7) is 3.62. The molecule has 1 heterocycles. The van der Waals surface area contributed by atoms with Gasteiger partial charge in [0.1, 0.15) is 10.8 Å². The third-order valence-corrected chi connectivity index (χ3v) is 3.57. The first kappa shape index (κ1) is 11.2. The van der Waals surface area contributed by atoms with Crippen LogP contribution in [-0.2, 0) is 6.61 Å². The average Bonchev–Trinajstić information content (AvgIpc) is 2.59. The van der Waals surface area contributed by atoms with Crippen molar-refractivity contribution in [2.45, 2.75) is 20.5 Å². The molecule has 0 saturated heterocycles. The molecule has 1 N–H and O–H groups in total. The fourth-order valence-corrected chi connectivity index (χ4v) is 2.43. The molecule has 0 amide bonds. The van der Waals surface area contributed by atoms with Gasteiger partial charge < -0.3 is 5.11 Å². The van der Waals surface area contributed by atoms with Gasteiger partial charge in [-0.05, 0) is 31.5 Å². The number of thiazole rings is 1. The highest BCUT2D eigenvalue weighted by molar-refractivity contribution is 7.15. The van der Waals surface area contributed by atoms with Gasteiger partial charge in [-0.3, -0.25) is 0 Å². The Bertz CT molecular complexity index is 522. The molecular weight excluding hydrogens is 225 g/mol.